The topological polar surface area (TPSA) is 59.1 Å². The van der Waals surface area contributed by atoms with Crippen LogP contribution in [-0.2, 0) is 16.4 Å². The van der Waals surface area contributed by atoms with Gasteiger partial charge in [-0.2, -0.15) is 0 Å². The molecule has 0 bridgehead atoms. The lowest BCUT2D eigenvalue weighted by molar-refractivity contribution is 0.585. The van der Waals surface area contributed by atoms with Crippen molar-refractivity contribution in [1.82, 2.24) is 9.71 Å². The van der Waals surface area contributed by atoms with Crippen LogP contribution in [0.4, 0.5) is 0 Å². The van der Waals surface area contributed by atoms with Crippen molar-refractivity contribution in [2.24, 2.45) is 0 Å². The van der Waals surface area contributed by atoms with E-state index in [0.717, 1.165) is 16.3 Å². The van der Waals surface area contributed by atoms with Crippen molar-refractivity contribution in [3.8, 4) is 22.9 Å². The average molecular weight is 341 g/mol. The SMILES string of the molecule is C#CCS(=O)(=O)NCCc1csc(-c2ccc(Cl)cc2)n1. The van der Waals surface area contributed by atoms with Crippen LogP contribution in [0.5, 0.6) is 0 Å². The van der Waals surface area contributed by atoms with Gasteiger partial charge in [-0.1, -0.05) is 29.7 Å². The fraction of sp³-hybridized carbons (Fsp3) is 0.214. The van der Waals surface area contributed by atoms with Gasteiger partial charge in [-0.25, -0.2) is 18.1 Å². The van der Waals surface area contributed by atoms with Crippen LogP contribution in [0.2, 0.25) is 5.02 Å². The highest BCUT2D eigenvalue weighted by Gasteiger charge is 2.09. The third kappa shape index (κ3) is 4.83. The molecule has 0 fully saturated rings. The van der Waals surface area contributed by atoms with Crippen molar-refractivity contribution < 1.29 is 8.42 Å². The molecular weight excluding hydrogens is 328 g/mol. The molecule has 0 aliphatic rings. The molecule has 0 radical (unpaired) electrons. The zero-order valence-electron chi connectivity index (χ0n) is 11.0. The molecule has 7 heteroatoms. The number of hydrogen-bond donors (Lipinski definition) is 1. The van der Waals surface area contributed by atoms with E-state index in [0.29, 0.717) is 11.4 Å². The Morgan fingerprint density at radius 2 is 2.05 bits per heavy atom. The minimum absolute atomic E-state index is 0.286. The number of thiazole rings is 1. The van der Waals surface area contributed by atoms with Crippen LogP contribution in [-0.4, -0.2) is 25.7 Å². The summed E-state index contributed by atoms with van der Waals surface area (Å²) >= 11 is 7.36. The Balaban J connectivity index is 1.95. The lowest BCUT2D eigenvalue weighted by Crippen LogP contribution is -2.27. The monoisotopic (exact) mass is 340 g/mol. The van der Waals surface area contributed by atoms with Gasteiger partial charge in [0.05, 0.1) is 5.69 Å². The standard InChI is InChI=1S/C14H13ClN2O2S2/c1-2-9-21(18,19)16-8-7-13-10-20-14(17-13)11-3-5-12(15)6-4-11/h1,3-6,10,16H,7-9H2. The molecule has 110 valence electrons. The van der Waals surface area contributed by atoms with Crippen molar-refractivity contribution in [3.05, 3.63) is 40.4 Å². The first kappa shape index (κ1) is 16.0. The normalized spacial score (nSPS) is 11.2. The number of hydrogen-bond acceptors (Lipinski definition) is 4. The first-order chi connectivity index (χ1) is 10.00. The molecule has 2 rings (SSSR count). The van der Waals surface area contributed by atoms with Crippen LogP contribution >= 0.6 is 22.9 Å². The van der Waals surface area contributed by atoms with E-state index in [2.05, 4.69) is 15.6 Å². The van der Waals surface area contributed by atoms with E-state index in [1.807, 2.05) is 29.6 Å². The zero-order valence-corrected chi connectivity index (χ0v) is 13.4. The number of benzene rings is 1. The van der Waals surface area contributed by atoms with E-state index in [4.69, 9.17) is 18.0 Å². The molecule has 1 aromatic carbocycles. The fourth-order valence-corrected chi connectivity index (χ4v) is 3.36. The highest BCUT2D eigenvalue weighted by Crippen LogP contribution is 2.25. The largest absolute Gasteiger partial charge is 0.241 e. The van der Waals surface area contributed by atoms with Crippen molar-refractivity contribution in [2.75, 3.05) is 12.3 Å². The minimum Gasteiger partial charge on any atom is -0.241 e. The van der Waals surface area contributed by atoms with Gasteiger partial charge in [0.2, 0.25) is 10.0 Å². The van der Waals surface area contributed by atoms with E-state index >= 15 is 0 Å². The maximum atomic E-state index is 11.4. The van der Waals surface area contributed by atoms with Crippen molar-refractivity contribution in [1.29, 1.82) is 0 Å². The summed E-state index contributed by atoms with van der Waals surface area (Å²) in [6.07, 6.45) is 5.51. The second kappa shape index (κ2) is 7.05. The summed E-state index contributed by atoms with van der Waals surface area (Å²) < 4.78 is 25.2. The van der Waals surface area contributed by atoms with Crippen LogP contribution in [0.15, 0.2) is 29.6 Å². The van der Waals surface area contributed by atoms with E-state index < -0.39 is 10.0 Å². The Bertz CT molecular complexity index is 746. The molecule has 0 amide bonds. The summed E-state index contributed by atoms with van der Waals surface area (Å²) in [5.41, 5.74) is 1.83. The third-order valence-corrected chi connectivity index (χ3v) is 5.00. The van der Waals surface area contributed by atoms with Crippen LogP contribution in [0.25, 0.3) is 10.6 Å². The van der Waals surface area contributed by atoms with Crippen LogP contribution in [0.1, 0.15) is 5.69 Å². The Labute approximate surface area is 133 Å². The molecule has 4 nitrogen and oxygen atoms in total. The number of halogens is 1. The predicted octanol–water partition coefficient (Wildman–Crippen LogP) is 2.56. The van der Waals surface area contributed by atoms with Crippen LogP contribution in [0.3, 0.4) is 0 Å². The second-order valence-corrected chi connectivity index (χ2v) is 7.36. The van der Waals surface area contributed by atoms with Gasteiger partial charge in [-0.3, -0.25) is 0 Å². The van der Waals surface area contributed by atoms with Gasteiger partial charge in [0.25, 0.3) is 0 Å². The lowest BCUT2D eigenvalue weighted by atomic mass is 10.2. The summed E-state index contributed by atoms with van der Waals surface area (Å²) in [5.74, 6) is 1.81. The average Bonchev–Trinajstić information content (AvgIpc) is 2.88. The second-order valence-electron chi connectivity index (χ2n) is 4.26. The number of nitrogens with one attached hydrogen (secondary N) is 1. The highest BCUT2D eigenvalue weighted by atomic mass is 35.5. The van der Waals surface area contributed by atoms with Crippen LogP contribution < -0.4 is 4.72 Å². The number of terminal acetylenes is 1. The van der Waals surface area contributed by atoms with Gasteiger partial charge < -0.3 is 0 Å². The maximum Gasteiger partial charge on any atom is 0.222 e. The molecular formula is C14H13ClN2O2S2. The highest BCUT2D eigenvalue weighted by molar-refractivity contribution is 7.89. The molecule has 1 aromatic heterocycles. The van der Waals surface area contributed by atoms with Crippen molar-refractivity contribution in [2.45, 2.75) is 6.42 Å². The first-order valence-corrected chi connectivity index (χ1v) is 9.02. The van der Waals surface area contributed by atoms with Gasteiger partial charge >= 0.3 is 0 Å². The molecule has 21 heavy (non-hydrogen) atoms. The number of rotatable bonds is 6. The molecule has 0 atom stereocenters. The van der Waals surface area contributed by atoms with Crippen LogP contribution in [0, 0.1) is 12.3 Å². The molecule has 0 aliphatic carbocycles. The zero-order chi connectivity index (χ0) is 15.3. The summed E-state index contributed by atoms with van der Waals surface area (Å²) in [7, 11) is -3.38. The molecule has 1 N–H and O–H groups in total. The van der Waals surface area contributed by atoms with E-state index in [1.165, 1.54) is 11.3 Å². The summed E-state index contributed by atoms with van der Waals surface area (Å²) in [6, 6.07) is 7.43. The molecule has 0 saturated heterocycles. The van der Waals surface area contributed by atoms with Gasteiger partial charge in [0.1, 0.15) is 10.8 Å². The molecule has 0 aliphatic heterocycles. The van der Waals surface area contributed by atoms with Crippen molar-refractivity contribution >= 4 is 33.0 Å². The summed E-state index contributed by atoms with van der Waals surface area (Å²) in [6.45, 7) is 0.286. The predicted molar refractivity (Wildman–Crippen MR) is 86.9 cm³/mol. The van der Waals surface area contributed by atoms with Gasteiger partial charge in [0.15, 0.2) is 0 Å². The smallest absolute Gasteiger partial charge is 0.222 e. The molecule has 1 heterocycles. The lowest BCUT2D eigenvalue weighted by Gasteiger charge is -2.01. The number of sulfonamides is 1. The van der Waals surface area contributed by atoms with Gasteiger partial charge in [-0.05, 0) is 12.1 Å². The Hall–Kier alpha value is -1.39. The maximum absolute atomic E-state index is 11.4. The Morgan fingerprint density at radius 3 is 2.71 bits per heavy atom. The fourth-order valence-electron chi connectivity index (χ4n) is 1.64. The molecule has 0 unspecified atom stereocenters. The molecule has 0 spiro atoms. The van der Waals surface area contributed by atoms with Gasteiger partial charge in [-0.15, -0.1) is 17.8 Å². The summed E-state index contributed by atoms with van der Waals surface area (Å²) in [5, 5.41) is 3.48. The van der Waals surface area contributed by atoms with Crippen molar-refractivity contribution in [3.63, 3.8) is 0 Å². The van der Waals surface area contributed by atoms with E-state index in [-0.39, 0.29) is 12.3 Å². The molecule has 0 saturated carbocycles. The van der Waals surface area contributed by atoms with E-state index in [1.54, 1.807) is 0 Å². The number of nitrogens with zero attached hydrogens (tertiary/aromatic N) is 1. The quantitative estimate of drug-likeness (QED) is 0.822. The van der Waals surface area contributed by atoms with E-state index in [9.17, 15) is 8.42 Å². The minimum atomic E-state index is -3.38. The Kier molecular flexibility index (Phi) is 5.37. The molecule has 2 aromatic rings. The first-order valence-electron chi connectivity index (χ1n) is 6.11. The number of aromatic nitrogens is 1. The third-order valence-electron chi connectivity index (χ3n) is 2.62. The Morgan fingerprint density at radius 1 is 1.33 bits per heavy atom. The summed E-state index contributed by atoms with van der Waals surface area (Å²) in [4.78, 5) is 4.48. The van der Waals surface area contributed by atoms with Gasteiger partial charge in [0, 0.05) is 28.9 Å².